The zero-order valence-electron chi connectivity index (χ0n) is 13.9. The lowest BCUT2D eigenvalue weighted by Gasteiger charge is -2.15. The quantitative estimate of drug-likeness (QED) is 0.801. The van der Waals surface area contributed by atoms with E-state index in [9.17, 15) is 4.79 Å². The fraction of sp³-hybridized carbons (Fsp3) is 0.250. The lowest BCUT2D eigenvalue weighted by Crippen LogP contribution is -2.26. The first-order chi connectivity index (χ1) is 11.0. The Balaban J connectivity index is 2.03. The predicted molar refractivity (Wildman–Crippen MR) is 93.8 cm³/mol. The third kappa shape index (κ3) is 4.99. The predicted octanol–water partition coefficient (Wildman–Crippen LogP) is 4.44. The van der Waals surface area contributed by atoms with Crippen LogP contribution in [0.3, 0.4) is 0 Å². The smallest absolute Gasteiger partial charge is 0.251 e. The molecule has 1 atom stereocenters. The summed E-state index contributed by atoms with van der Waals surface area (Å²) in [5.74, 6) is 0.558. The summed E-state index contributed by atoms with van der Waals surface area (Å²) < 4.78 is 5.58. The van der Waals surface area contributed by atoms with E-state index in [1.165, 1.54) is 5.56 Å². The molecule has 0 heterocycles. The molecule has 0 unspecified atom stereocenters. The van der Waals surface area contributed by atoms with Gasteiger partial charge in [-0.15, -0.1) is 0 Å². The van der Waals surface area contributed by atoms with Gasteiger partial charge in [0.15, 0.2) is 0 Å². The van der Waals surface area contributed by atoms with Gasteiger partial charge in [0, 0.05) is 5.56 Å². The maximum atomic E-state index is 12.4. The summed E-state index contributed by atoms with van der Waals surface area (Å²) in [6.07, 6.45) is 0. The van der Waals surface area contributed by atoms with Crippen molar-refractivity contribution in [2.75, 3.05) is 6.61 Å². The lowest BCUT2D eigenvalue weighted by molar-refractivity contribution is 0.0939. The Bertz CT molecular complexity index is 689. The topological polar surface area (TPSA) is 38.3 Å². The number of aryl methyl sites for hydroxylation is 1. The van der Waals surface area contributed by atoms with Gasteiger partial charge in [-0.25, -0.2) is 0 Å². The van der Waals surface area contributed by atoms with E-state index in [-0.39, 0.29) is 11.9 Å². The second-order valence-electron chi connectivity index (χ2n) is 5.88. The largest absolute Gasteiger partial charge is 0.489 e. The number of ether oxygens (including phenoxy) is 1. The highest BCUT2D eigenvalue weighted by molar-refractivity contribution is 5.94. The van der Waals surface area contributed by atoms with Crippen molar-refractivity contribution in [3.05, 3.63) is 77.4 Å². The highest BCUT2D eigenvalue weighted by Crippen LogP contribution is 2.17. The molecule has 1 N–H and O–H groups in total. The van der Waals surface area contributed by atoms with Crippen molar-refractivity contribution in [3.8, 4) is 5.75 Å². The van der Waals surface area contributed by atoms with Crippen LogP contribution in [-0.2, 0) is 0 Å². The van der Waals surface area contributed by atoms with Gasteiger partial charge in [-0.3, -0.25) is 4.79 Å². The van der Waals surface area contributed by atoms with Crippen LogP contribution in [0.15, 0.2) is 60.7 Å². The van der Waals surface area contributed by atoms with Crippen molar-refractivity contribution >= 4 is 5.91 Å². The van der Waals surface area contributed by atoms with Crippen LogP contribution >= 0.6 is 0 Å². The Hall–Kier alpha value is -2.55. The third-order valence-corrected chi connectivity index (χ3v) is 3.51. The number of hydrogen-bond donors (Lipinski definition) is 1. The van der Waals surface area contributed by atoms with Crippen LogP contribution in [0, 0.1) is 6.92 Å². The minimum Gasteiger partial charge on any atom is -0.489 e. The van der Waals surface area contributed by atoms with Crippen LogP contribution in [0.25, 0.3) is 0 Å². The average molecular weight is 309 g/mol. The van der Waals surface area contributed by atoms with Crippen LogP contribution in [0.2, 0.25) is 0 Å². The summed E-state index contributed by atoms with van der Waals surface area (Å²) >= 11 is 0. The molecule has 0 aliphatic carbocycles. The minimum atomic E-state index is -0.112. The van der Waals surface area contributed by atoms with Gasteiger partial charge in [0.25, 0.3) is 5.91 Å². The van der Waals surface area contributed by atoms with Gasteiger partial charge in [-0.05, 0) is 50.1 Å². The van der Waals surface area contributed by atoms with Crippen LogP contribution in [0.4, 0.5) is 0 Å². The van der Waals surface area contributed by atoms with Gasteiger partial charge in [-0.1, -0.05) is 42.5 Å². The van der Waals surface area contributed by atoms with Crippen molar-refractivity contribution in [3.63, 3.8) is 0 Å². The number of nitrogens with one attached hydrogen (secondary N) is 1. The van der Waals surface area contributed by atoms with Crippen molar-refractivity contribution in [1.29, 1.82) is 0 Å². The molecule has 0 aliphatic heterocycles. The molecule has 23 heavy (non-hydrogen) atoms. The fourth-order valence-corrected chi connectivity index (χ4v) is 2.15. The fourth-order valence-electron chi connectivity index (χ4n) is 2.15. The molecule has 3 nitrogen and oxygen atoms in total. The van der Waals surface area contributed by atoms with E-state index >= 15 is 0 Å². The van der Waals surface area contributed by atoms with Crippen LogP contribution < -0.4 is 10.1 Å². The summed E-state index contributed by atoms with van der Waals surface area (Å²) in [5.41, 5.74) is 3.81. The second kappa shape index (κ2) is 7.63. The Morgan fingerprint density at radius 3 is 2.57 bits per heavy atom. The number of rotatable bonds is 6. The molecule has 3 heteroatoms. The second-order valence-corrected chi connectivity index (χ2v) is 5.88. The molecule has 0 bridgehead atoms. The van der Waals surface area contributed by atoms with E-state index < -0.39 is 0 Å². The van der Waals surface area contributed by atoms with Crippen LogP contribution in [0.1, 0.15) is 41.4 Å². The SMILES string of the molecule is C=C(C)COc1cccc(C(=O)N[C@H](C)c2ccc(C)cc2)c1. The van der Waals surface area contributed by atoms with E-state index in [1.54, 1.807) is 12.1 Å². The molecule has 2 rings (SSSR count). The molecule has 0 radical (unpaired) electrons. The Morgan fingerprint density at radius 1 is 1.22 bits per heavy atom. The molecule has 0 saturated carbocycles. The van der Waals surface area contributed by atoms with Crippen molar-refractivity contribution < 1.29 is 9.53 Å². The summed E-state index contributed by atoms with van der Waals surface area (Å²) in [6, 6.07) is 15.3. The Kier molecular flexibility index (Phi) is 5.58. The van der Waals surface area contributed by atoms with Gasteiger partial charge >= 0.3 is 0 Å². The molecule has 0 saturated heterocycles. The number of carbonyl (C=O) groups is 1. The highest BCUT2D eigenvalue weighted by Gasteiger charge is 2.12. The molecule has 0 fully saturated rings. The number of amides is 1. The van der Waals surface area contributed by atoms with Crippen molar-refractivity contribution in [2.24, 2.45) is 0 Å². The van der Waals surface area contributed by atoms with Crippen molar-refractivity contribution in [1.82, 2.24) is 5.32 Å². The van der Waals surface area contributed by atoms with Gasteiger partial charge in [0.2, 0.25) is 0 Å². The van der Waals surface area contributed by atoms with Crippen LogP contribution in [0.5, 0.6) is 5.75 Å². The Morgan fingerprint density at radius 2 is 1.91 bits per heavy atom. The van der Waals surface area contributed by atoms with E-state index in [2.05, 4.69) is 11.9 Å². The maximum absolute atomic E-state index is 12.4. The van der Waals surface area contributed by atoms with Crippen molar-refractivity contribution in [2.45, 2.75) is 26.8 Å². The van der Waals surface area contributed by atoms with E-state index in [4.69, 9.17) is 4.74 Å². The summed E-state index contributed by atoms with van der Waals surface area (Å²) in [7, 11) is 0. The first-order valence-electron chi connectivity index (χ1n) is 7.70. The normalized spacial score (nSPS) is 11.6. The number of benzene rings is 2. The minimum absolute atomic E-state index is 0.0527. The molecule has 0 spiro atoms. The summed E-state index contributed by atoms with van der Waals surface area (Å²) in [4.78, 5) is 12.4. The maximum Gasteiger partial charge on any atom is 0.251 e. The van der Waals surface area contributed by atoms with E-state index in [0.29, 0.717) is 17.9 Å². The van der Waals surface area contributed by atoms with Crippen LogP contribution in [-0.4, -0.2) is 12.5 Å². The van der Waals surface area contributed by atoms with Gasteiger partial charge in [-0.2, -0.15) is 0 Å². The van der Waals surface area contributed by atoms with E-state index in [1.807, 2.05) is 57.2 Å². The zero-order chi connectivity index (χ0) is 16.8. The standard InChI is InChI=1S/C20H23NO2/c1-14(2)13-23-19-7-5-6-18(12-19)20(22)21-16(4)17-10-8-15(3)9-11-17/h5-12,16H,1,13H2,2-4H3,(H,21,22)/t16-/m1/s1. The first kappa shape index (κ1) is 16.8. The first-order valence-corrected chi connectivity index (χ1v) is 7.70. The number of carbonyl (C=O) groups excluding carboxylic acids is 1. The molecule has 2 aromatic rings. The number of hydrogen-bond acceptors (Lipinski definition) is 2. The summed E-state index contributed by atoms with van der Waals surface area (Å²) in [5, 5.41) is 3.01. The van der Waals surface area contributed by atoms with E-state index in [0.717, 1.165) is 11.1 Å². The third-order valence-electron chi connectivity index (χ3n) is 3.51. The monoisotopic (exact) mass is 309 g/mol. The lowest BCUT2D eigenvalue weighted by atomic mass is 10.1. The highest BCUT2D eigenvalue weighted by atomic mass is 16.5. The summed E-state index contributed by atoms with van der Waals surface area (Å²) in [6.45, 7) is 10.2. The molecule has 2 aromatic carbocycles. The molecule has 120 valence electrons. The molecular formula is C20H23NO2. The molecule has 0 aliphatic rings. The van der Waals surface area contributed by atoms with Gasteiger partial charge < -0.3 is 10.1 Å². The molecule has 0 aromatic heterocycles. The van der Waals surface area contributed by atoms with Gasteiger partial charge in [0.05, 0.1) is 6.04 Å². The molecular weight excluding hydrogens is 286 g/mol. The average Bonchev–Trinajstić information content (AvgIpc) is 2.53. The Labute approximate surface area is 138 Å². The molecule has 1 amide bonds. The van der Waals surface area contributed by atoms with Gasteiger partial charge in [0.1, 0.15) is 12.4 Å². The zero-order valence-corrected chi connectivity index (χ0v) is 13.9.